The molecule has 2 atom stereocenters. The normalized spacial score (nSPS) is 33.5. The second kappa shape index (κ2) is 5.27. The van der Waals surface area contributed by atoms with Gasteiger partial charge in [-0.1, -0.05) is 6.42 Å². The van der Waals surface area contributed by atoms with E-state index in [1.165, 1.54) is 64.6 Å². The highest BCUT2D eigenvalue weighted by Crippen LogP contribution is 2.35. The molecular weight excluding hydrogens is 208 g/mol. The number of rotatable bonds is 7. The van der Waals surface area contributed by atoms with Gasteiger partial charge in [-0.25, -0.2) is 0 Å². The molecular formula is C15H28N2. The number of hydrogen-bond acceptors (Lipinski definition) is 2. The van der Waals surface area contributed by atoms with Gasteiger partial charge < -0.3 is 10.2 Å². The van der Waals surface area contributed by atoms with Gasteiger partial charge in [0.25, 0.3) is 0 Å². The first-order valence-corrected chi connectivity index (χ1v) is 7.74. The van der Waals surface area contributed by atoms with Gasteiger partial charge >= 0.3 is 0 Å². The third kappa shape index (κ3) is 3.45. The van der Waals surface area contributed by atoms with E-state index >= 15 is 0 Å². The van der Waals surface area contributed by atoms with Crippen LogP contribution in [0.1, 0.15) is 44.9 Å². The molecule has 98 valence electrons. The van der Waals surface area contributed by atoms with Crippen molar-refractivity contribution in [2.45, 2.75) is 51.0 Å². The second-order valence-corrected chi connectivity index (χ2v) is 6.69. The van der Waals surface area contributed by atoms with Gasteiger partial charge in [0.2, 0.25) is 0 Å². The molecule has 0 heterocycles. The van der Waals surface area contributed by atoms with Crippen LogP contribution in [0.15, 0.2) is 0 Å². The standard InChI is InChI=1S/C15H28N2/c1-16-15-4-2-3-14(15)11-17(9-12-5-6-12)10-13-7-8-13/h12-16H,2-11H2,1H3. The quantitative estimate of drug-likeness (QED) is 0.730. The van der Waals surface area contributed by atoms with Gasteiger partial charge in [-0.3, -0.25) is 0 Å². The summed E-state index contributed by atoms with van der Waals surface area (Å²) < 4.78 is 0. The minimum absolute atomic E-state index is 0.802. The van der Waals surface area contributed by atoms with Gasteiger partial charge in [0.1, 0.15) is 0 Å². The first-order valence-electron chi connectivity index (χ1n) is 7.74. The molecule has 2 heteroatoms. The summed E-state index contributed by atoms with van der Waals surface area (Å²) in [6.45, 7) is 4.19. The molecule has 0 radical (unpaired) electrons. The Morgan fingerprint density at radius 3 is 2.06 bits per heavy atom. The fourth-order valence-electron chi connectivity index (χ4n) is 3.52. The molecule has 0 amide bonds. The first-order chi connectivity index (χ1) is 8.35. The van der Waals surface area contributed by atoms with E-state index < -0.39 is 0 Å². The van der Waals surface area contributed by atoms with Crippen LogP contribution in [-0.4, -0.2) is 37.6 Å². The van der Waals surface area contributed by atoms with Crippen LogP contribution >= 0.6 is 0 Å². The highest BCUT2D eigenvalue weighted by Gasteiger charge is 2.33. The van der Waals surface area contributed by atoms with Crippen molar-refractivity contribution < 1.29 is 0 Å². The van der Waals surface area contributed by atoms with Crippen LogP contribution in [-0.2, 0) is 0 Å². The molecule has 3 fully saturated rings. The average Bonchev–Trinajstić information content (AvgIpc) is 3.22. The van der Waals surface area contributed by atoms with E-state index in [9.17, 15) is 0 Å². The minimum Gasteiger partial charge on any atom is -0.317 e. The zero-order valence-electron chi connectivity index (χ0n) is 11.3. The summed E-state index contributed by atoms with van der Waals surface area (Å²) in [4.78, 5) is 2.82. The highest BCUT2D eigenvalue weighted by atomic mass is 15.1. The van der Waals surface area contributed by atoms with Crippen molar-refractivity contribution in [2.75, 3.05) is 26.7 Å². The molecule has 0 bridgehead atoms. The number of nitrogens with one attached hydrogen (secondary N) is 1. The van der Waals surface area contributed by atoms with E-state index in [2.05, 4.69) is 17.3 Å². The van der Waals surface area contributed by atoms with Gasteiger partial charge in [0, 0.05) is 25.7 Å². The molecule has 0 aromatic carbocycles. The Morgan fingerprint density at radius 2 is 1.53 bits per heavy atom. The summed E-state index contributed by atoms with van der Waals surface area (Å²) in [5.74, 6) is 3.05. The Kier molecular flexibility index (Phi) is 3.72. The zero-order chi connectivity index (χ0) is 11.7. The molecule has 0 saturated heterocycles. The summed E-state index contributed by atoms with van der Waals surface area (Å²) in [6, 6.07) is 0.802. The summed E-state index contributed by atoms with van der Waals surface area (Å²) in [5.41, 5.74) is 0. The molecule has 17 heavy (non-hydrogen) atoms. The summed E-state index contributed by atoms with van der Waals surface area (Å²) in [6.07, 6.45) is 10.3. The third-order valence-electron chi connectivity index (χ3n) is 4.95. The Balaban J connectivity index is 1.50. The van der Waals surface area contributed by atoms with Crippen molar-refractivity contribution in [3.8, 4) is 0 Å². The lowest BCUT2D eigenvalue weighted by molar-refractivity contribution is 0.201. The highest BCUT2D eigenvalue weighted by molar-refractivity contribution is 4.88. The summed E-state index contributed by atoms with van der Waals surface area (Å²) >= 11 is 0. The molecule has 1 N–H and O–H groups in total. The van der Waals surface area contributed by atoms with Crippen LogP contribution in [0.4, 0.5) is 0 Å². The lowest BCUT2D eigenvalue weighted by Gasteiger charge is -2.28. The van der Waals surface area contributed by atoms with Crippen molar-refractivity contribution in [1.82, 2.24) is 10.2 Å². The number of hydrogen-bond donors (Lipinski definition) is 1. The zero-order valence-corrected chi connectivity index (χ0v) is 11.3. The lowest BCUT2D eigenvalue weighted by atomic mass is 10.0. The van der Waals surface area contributed by atoms with Gasteiger partial charge in [0.15, 0.2) is 0 Å². The van der Waals surface area contributed by atoms with Crippen LogP contribution < -0.4 is 5.32 Å². The van der Waals surface area contributed by atoms with E-state index in [0.29, 0.717) is 0 Å². The summed E-state index contributed by atoms with van der Waals surface area (Å²) in [5, 5.41) is 3.53. The second-order valence-electron chi connectivity index (χ2n) is 6.69. The van der Waals surface area contributed by atoms with Crippen molar-refractivity contribution in [1.29, 1.82) is 0 Å². The van der Waals surface area contributed by atoms with Gasteiger partial charge in [0.05, 0.1) is 0 Å². The molecule has 3 aliphatic rings. The van der Waals surface area contributed by atoms with Crippen molar-refractivity contribution >= 4 is 0 Å². The van der Waals surface area contributed by atoms with Crippen LogP contribution in [0.3, 0.4) is 0 Å². The maximum absolute atomic E-state index is 3.53. The Morgan fingerprint density at radius 1 is 0.882 bits per heavy atom. The molecule has 3 saturated carbocycles. The van der Waals surface area contributed by atoms with E-state index in [1.807, 2.05) is 0 Å². The Labute approximate surface area is 106 Å². The summed E-state index contributed by atoms with van der Waals surface area (Å²) in [7, 11) is 2.15. The predicted molar refractivity (Wildman–Crippen MR) is 72.1 cm³/mol. The maximum atomic E-state index is 3.53. The van der Waals surface area contributed by atoms with E-state index in [1.54, 1.807) is 0 Å². The first kappa shape index (κ1) is 12.0. The van der Waals surface area contributed by atoms with E-state index in [4.69, 9.17) is 0 Å². The average molecular weight is 236 g/mol. The largest absolute Gasteiger partial charge is 0.317 e. The van der Waals surface area contributed by atoms with Crippen LogP contribution in [0, 0.1) is 17.8 Å². The van der Waals surface area contributed by atoms with Crippen LogP contribution in [0.25, 0.3) is 0 Å². The monoisotopic (exact) mass is 236 g/mol. The van der Waals surface area contributed by atoms with E-state index in [0.717, 1.165) is 23.8 Å². The molecule has 2 unspecified atom stereocenters. The fraction of sp³-hybridized carbons (Fsp3) is 1.00. The number of nitrogens with zero attached hydrogens (tertiary/aromatic N) is 1. The Bertz CT molecular complexity index is 231. The molecule has 2 nitrogen and oxygen atoms in total. The Hall–Kier alpha value is -0.0800. The predicted octanol–water partition coefficient (Wildman–Crippen LogP) is 2.50. The van der Waals surface area contributed by atoms with Gasteiger partial charge in [-0.05, 0) is 63.3 Å². The molecule has 3 aliphatic carbocycles. The van der Waals surface area contributed by atoms with Crippen LogP contribution in [0.5, 0.6) is 0 Å². The van der Waals surface area contributed by atoms with Gasteiger partial charge in [-0.2, -0.15) is 0 Å². The van der Waals surface area contributed by atoms with Crippen molar-refractivity contribution in [3.05, 3.63) is 0 Å². The topological polar surface area (TPSA) is 15.3 Å². The van der Waals surface area contributed by atoms with Crippen molar-refractivity contribution in [2.24, 2.45) is 17.8 Å². The van der Waals surface area contributed by atoms with E-state index in [-0.39, 0.29) is 0 Å². The smallest absolute Gasteiger partial charge is 0.0104 e. The lowest BCUT2D eigenvalue weighted by Crippen LogP contribution is -2.39. The van der Waals surface area contributed by atoms with Crippen molar-refractivity contribution in [3.63, 3.8) is 0 Å². The molecule has 0 aromatic rings. The molecule has 0 aromatic heterocycles. The minimum atomic E-state index is 0.802. The molecule has 0 aliphatic heterocycles. The SMILES string of the molecule is CNC1CCCC1CN(CC1CC1)CC1CC1. The van der Waals surface area contributed by atoms with Gasteiger partial charge in [-0.15, -0.1) is 0 Å². The molecule has 0 spiro atoms. The molecule has 3 rings (SSSR count). The fourth-order valence-corrected chi connectivity index (χ4v) is 3.52. The maximum Gasteiger partial charge on any atom is 0.0104 e. The van der Waals surface area contributed by atoms with Crippen LogP contribution in [0.2, 0.25) is 0 Å². The third-order valence-corrected chi connectivity index (χ3v) is 4.95.